The first-order valence-electron chi connectivity index (χ1n) is 5.69. The van der Waals surface area contributed by atoms with Crippen molar-refractivity contribution in [2.45, 2.75) is 37.1 Å². The van der Waals surface area contributed by atoms with Crippen LogP contribution in [0.3, 0.4) is 0 Å². The summed E-state index contributed by atoms with van der Waals surface area (Å²) in [6.07, 6.45) is 2.15. The second-order valence-corrected chi connectivity index (χ2v) is 6.09. The topological polar surface area (TPSA) is 105 Å². The fourth-order valence-corrected chi connectivity index (χ4v) is 2.93. The first-order valence-corrected chi connectivity index (χ1v) is 7.18. The van der Waals surface area contributed by atoms with Crippen LogP contribution < -0.4 is 10.5 Å². The number of anilines is 1. The fraction of sp³-hybridized carbons (Fsp3) is 0.545. The highest BCUT2D eigenvalue weighted by Gasteiger charge is 2.28. The van der Waals surface area contributed by atoms with Gasteiger partial charge in [-0.2, -0.15) is 0 Å². The lowest BCUT2D eigenvalue weighted by Gasteiger charge is -2.28. The van der Waals surface area contributed by atoms with Crippen LogP contribution in [-0.2, 0) is 10.0 Å². The summed E-state index contributed by atoms with van der Waals surface area (Å²) in [5.74, 6) is 0.266. The third kappa shape index (κ3) is 3.66. The van der Waals surface area contributed by atoms with Gasteiger partial charge in [-0.05, 0) is 31.9 Å². The van der Waals surface area contributed by atoms with Gasteiger partial charge in [0.1, 0.15) is 10.7 Å². The predicted octanol–water partition coefficient (Wildman–Crippen LogP) is 0.493. The van der Waals surface area contributed by atoms with Gasteiger partial charge in [-0.3, -0.25) is 0 Å². The molecule has 0 saturated heterocycles. The number of rotatable bonds is 6. The molecule has 1 atom stereocenters. The molecule has 1 aromatic heterocycles. The molecule has 18 heavy (non-hydrogen) atoms. The van der Waals surface area contributed by atoms with Crippen molar-refractivity contribution < 1.29 is 13.5 Å². The zero-order chi connectivity index (χ0) is 13.8. The summed E-state index contributed by atoms with van der Waals surface area (Å²) in [5, 5.41) is 8.97. The van der Waals surface area contributed by atoms with Crippen LogP contribution in [0.25, 0.3) is 0 Å². The number of nitrogen functional groups attached to an aromatic ring is 1. The maximum absolute atomic E-state index is 12.1. The standard InChI is InChI=1S/C11H19N3O3S/c1-3-11(2,6-7-15)14-18(16,17)9-4-5-10(12)13-8-9/h4-5,8,14-15H,3,6-7H2,1-2H3,(H2,12,13). The van der Waals surface area contributed by atoms with Crippen LogP contribution in [0.1, 0.15) is 26.7 Å². The van der Waals surface area contributed by atoms with Crippen LogP contribution in [0, 0.1) is 0 Å². The molecule has 0 aliphatic carbocycles. The summed E-state index contributed by atoms with van der Waals surface area (Å²) in [4.78, 5) is 3.82. The summed E-state index contributed by atoms with van der Waals surface area (Å²) in [7, 11) is -3.65. The number of nitrogens with zero attached hydrogens (tertiary/aromatic N) is 1. The number of sulfonamides is 1. The predicted molar refractivity (Wildman–Crippen MR) is 69.4 cm³/mol. The molecule has 1 heterocycles. The highest BCUT2D eigenvalue weighted by Crippen LogP contribution is 2.18. The summed E-state index contributed by atoms with van der Waals surface area (Å²) in [5.41, 5.74) is 4.74. The highest BCUT2D eigenvalue weighted by atomic mass is 32.2. The molecule has 6 nitrogen and oxygen atoms in total. The van der Waals surface area contributed by atoms with E-state index in [1.54, 1.807) is 6.92 Å². The van der Waals surface area contributed by atoms with Crippen LogP contribution in [0.5, 0.6) is 0 Å². The Morgan fingerprint density at radius 2 is 2.17 bits per heavy atom. The van der Waals surface area contributed by atoms with E-state index in [1.165, 1.54) is 18.3 Å². The second kappa shape index (κ2) is 5.64. The molecule has 102 valence electrons. The molecular weight excluding hydrogens is 254 g/mol. The van der Waals surface area contributed by atoms with E-state index >= 15 is 0 Å². The molecule has 0 radical (unpaired) electrons. The van der Waals surface area contributed by atoms with Gasteiger partial charge in [0.2, 0.25) is 10.0 Å². The minimum Gasteiger partial charge on any atom is -0.396 e. The molecule has 0 spiro atoms. The monoisotopic (exact) mass is 273 g/mol. The molecule has 0 bridgehead atoms. The number of aliphatic hydroxyl groups excluding tert-OH is 1. The first-order chi connectivity index (χ1) is 8.33. The lowest BCUT2D eigenvalue weighted by molar-refractivity contribution is 0.233. The van der Waals surface area contributed by atoms with E-state index in [2.05, 4.69) is 9.71 Å². The Morgan fingerprint density at radius 1 is 1.50 bits per heavy atom. The van der Waals surface area contributed by atoms with E-state index in [1.807, 2.05) is 6.92 Å². The Bertz CT molecular complexity index is 487. The molecule has 0 saturated carbocycles. The van der Waals surface area contributed by atoms with Gasteiger partial charge in [0.05, 0.1) is 0 Å². The fourth-order valence-electron chi connectivity index (χ4n) is 1.48. The van der Waals surface area contributed by atoms with E-state index in [0.717, 1.165) is 0 Å². The molecule has 4 N–H and O–H groups in total. The molecular formula is C11H19N3O3S. The number of pyridine rings is 1. The molecule has 1 aromatic rings. The van der Waals surface area contributed by atoms with Crippen molar-refractivity contribution >= 4 is 15.8 Å². The smallest absolute Gasteiger partial charge is 0.242 e. The third-order valence-corrected chi connectivity index (χ3v) is 4.52. The van der Waals surface area contributed by atoms with Crippen molar-refractivity contribution in [3.8, 4) is 0 Å². The minimum absolute atomic E-state index is 0.0642. The molecule has 1 unspecified atom stereocenters. The zero-order valence-corrected chi connectivity index (χ0v) is 11.4. The second-order valence-electron chi connectivity index (χ2n) is 4.41. The zero-order valence-electron chi connectivity index (χ0n) is 10.5. The van der Waals surface area contributed by atoms with Crippen molar-refractivity contribution in [1.29, 1.82) is 0 Å². The number of hydrogen-bond acceptors (Lipinski definition) is 5. The lowest BCUT2D eigenvalue weighted by atomic mass is 9.97. The van der Waals surface area contributed by atoms with Crippen LogP contribution >= 0.6 is 0 Å². The average molecular weight is 273 g/mol. The Hall–Kier alpha value is -1.18. The first kappa shape index (κ1) is 14.9. The third-order valence-electron chi connectivity index (χ3n) is 2.89. The van der Waals surface area contributed by atoms with Crippen molar-refractivity contribution in [3.63, 3.8) is 0 Å². The molecule has 0 aliphatic rings. The van der Waals surface area contributed by atoms with E-state index in [-0.39, 0.29) is 17.3 Å². The van der Waals surface area contributed by atoms with Gasteiger partial charge >= 0.3 is 0 Å². The van der Waals surface area contributed by atoms with Gasteiger partial charge in [0, 0.05) is 18.3 Å². The van der Waals surface area contributed by atoms with Crippen molar-refractivity contribution in [3.05, 3.63) is 18.3 Å². The Balaban J connectivity index is 2.97. The largest absolute Gasteiger partial charge is 0.396 e. The van der Waals surface area contributed by atoms with Crippen LogP contribution in [0.15, 0.2) is 23.2 Å². The number of nitrogens with one attached hydrogen (secondary N) is 1. The minimum atomic E-state index is -3.65. The van der Waals surface area contributed by atoms with E-state index < -0.39 is 15.6 Å². The number of nitrogens with two attached hydrogens (primary N) is 1. The average Bonchev–Trinajstić information content (AvgIpc) is 2.29. The molecule has 7 heteroatoms. The Kier molecular flexibility index (Phi) is 4.66. The van der Waals surface area contributed by atoms with Crippen LogP contribution in [0.4, 0.5) is 5.82 Å². The maximum atomic E-state index is 12.1. The van der Waals surface area contributed by atoms with Gasteiger partial charge in [-0.25, -0.2) is 18.1 Å². The molecule has 0 fully saturated rings. The summed E-state index contributed by atoms with van der Waals surface area (Å²) < 4.78 is 26.8. The number of hydrogen-bond donors (Lipinski definition) is 3. The van der Waals surface area contributed by atoms with Crippen LogP contribution in [0.2, 0.25) is 0 Å². The normalized spacial score (nSPS) is 15.3. The van der Waals surface area contributed by atoms with Gasteiger partial charge in [0.25, 0.3) is 0 Å². The molecule has 1 rings (SSSR count). The quantitative estimate of drug-likeness (QED) is 0.699. The van der Waals surface area contributed by atoms with Gasteiger partial charge in [0.15, 0.2) is 0 Å². The van der Waals surface area contributed by atoms with Gasteiger partial charge in [-0.15, -0.1) is 0 Å². The molecule has 0 aromatic carbocycles. The lowest BCUT2D eigenvalue weighted by Crippen LogP contribution is -2.46. The number of aromatic nitrogens is 1. The molecule has 0 amide bonds. The van der Waals surface area contributed by atoms with Crippen molar-refractivity contribution in [2.24, 2.45) is 0 Å². The van der Waals surface area contributed by atoms with E-state index in [4.69, 9.17) is 10.8 Å². The van der Waals surface area contributed by atoms with Crippen LogP contribution in [-0.4, -0.2) is 30.7 Å². The van der Waals surface area contributed by atoms with Gasteiger partial charge in [-0.1, -0.05) is 6.92 Å². The Labute approximate surface area is 107 Å². The summed E-state index contributed by atoms with van der Waals surface area (Å²) in [6.45, 7) is 3.54. The maximum Gasteiger partial charge on any atom is 0.242 e. The van der Waals surface area contributed by atoms with Crippen molar-refractivity contribution in [2.75, 3.05) is 12.3 Å². The highest BCUT2D eigenvalue weighted by molar-refractivity contribution is 7.89. The van der Waals surface area contributed by atoms with Gasteiger partial charge < -0.3 is 10.8 Å². The van der Waals surface area contributed by atoms with E-state index in [9.17, 15) is 8.42 Å². The van der Waals surface area contributed by atoms with Crippen molar-refractivity contribution in [1.82, 2.24) is 9.71 Å². The number of aliphatic hydroxyl groups is 1. The Morgan fingerprint density at radius 3 is 2.61 bits per heavy atom. The SMILES string of the molecule is CCC(C)(CCO)NS(=O)(=O)c1ccc(N)nc1. The van der Waals surface area contributed by atoms with E-state index in [0.29, 0.717) is 12.8 Å². The summed E-state index contributed by atoms with van der Waals surface area (Å²) in [6, 6.07) is 2.84. The molecule has 0 aliphatic heterocycles. The summed E-state index contributed by atoms with van der Waals surface area (Å²) >= 11 is 0.